The van der Waals surface area contributed by atoms with E-state index in [0.29, 0.717) is 34.0 Å². The van der Waals surface area contributed by atoms with Crippen LogP contribution in [0.5, 0.6) is 0 Å². The molecule has 0 bridgehead atoms. The van der Waals surface area contributed by atoms with Crippen LogP contribution in [0, 0.1) is 0 Å². The van der Waals surface area contributed by atoms with Crippen molar-refractivity contribution in [2.45, 2.75) is 25.8 Å². The van der Waals surface area contributed by atoms with E-state index in [1.165, 1.54) is 0 Å². The monoisotopic (exact) mass is 668 g/mol. The summed E-state index contributed by atoms with van der Waals surface area (Å²) in [6.45, 7) is 7.11. The van der Waals surface area contributed by atoms with Gasteiger partial charge in [-0.25, -0.2) is 0 Å². The van der Waals surface area contributed by atoms with Crippen molar-refractivity contribution in [3.05, 3.63) is 87.2 Å². The number of anilines is 2. The quantitative estimate of drug-likeness (QED) is 0.123. The van der Waals surface area contributed by atoms with Gasteiger partial charge in [-0.1, -0.05) is 29.3 Å². The maximum absolute atomic E-state index is 12.9. The number of carbonyl (C=O) groups excluding carboxylic acids is 1. The second kappa shape index (κ2) is 12.3. The van der Waals surface area contributed by atoms with Gasteiger partial charge in [0.1, 0.15) is 5.84 Å². The Hall–Kier alpha value is -1.97. The Labute approximate surface area is 241 Å². The highest BCUT2D eigenvalue weighted by Gasteiger charge is 2.25. The third kappa shape index (κ3) is 7.12. The number of nitrogens with two attached hydrogens (primary N) is 1. The van der Waals surface area contributed by atoms with Crippen molar-refractivity contribution >= 4 is 74.7 Å². The third-order valence-corrected chi connectivity index (χ3v) is 7.97. The van der Waals surface area contributed by atoms with E-state index < -0.39 is 0 Å². The van der Waals surface area contributed by atoms with Crippen LogP contribution in [0.1, 0.15) is 40.9 Å². The number of hydrogen-bond acceptors (Lipinski definition) is 5. The molecule has 2 aromatic carbocycles. The third-order valence-electron chi connectivity index (χ3n) is 6.15. The number of benzene rings is 2. The summed E-state index contributed by atoms with van der Waals surface area (Å²) in [5, 5.41) is 7.87. The van der Waals surface area contributed by atoms with E-state index in [4.69, 9.17) is 28.9 Å². The minimum absolute atomic E-state index is 0.0438. The molecule has 1 saturated heterocycles. The molecular formula is C26H28Cl2IN6OP. The number of carbonyl (C=O) groups is 1. The molecule has 37 heavy (non-hydrogen) atoms. The van der Waals surface area contributed by atoms with E-state index in [2.05, 4.69) is 61.2 Å². The summed E-state index contributed by atoms with van der Waals surface area (Å²) in [5.74, 6) is -0.228. The zero-order valence-electron chi connectivity index (χ0n) is 20.5. The van der Waals surface area contributed by atoms with Gasteiger partial charge in [-0.05, 0) is 83.4 Å². The van der Waals surface area contributed by atoms with Crippen LogP contribution in [0.3, 0.4) is 0 Å². The Morgan fingerprint density at radius 1 is 1.22 bits per heavy atom. The molecule has 1 aliphatic rings. The molecule has 1 atom stereocenters. The topological polar surface area (TPSA) is 95.6 Å². The number of aliphatic imine (C=N–C) groups is 1. The Kier molecular flexibility index (Phi) is 9.29. The van der Waals surface area contributed by atoms with Gasteiger partial charge in [0.15, 0.2) is 0 Å². The molecule has 2 heterocycles. The van der Waals surface area contributed by atoms with Gasteiger partial charge in [-0.2, -0.15) is 4.99 Å². The molecule has 1 fully saturated rings. The zero-order chi connectivity index (χ0) is 26.6. The molecule has 7 nitrogen and oxygen atoms in total. The van der Waals surface area contributed by atoms with Crippen molar-refractivity contribution in [2.75, 3.05) is 29.6 Å². The fraction of sp³-hybridized carbons (Fsp3) is 0.269. The molecule has 4 N–H and O–H groups in total. The van der Waals surface area contributed by atoms with Crippen LogP contribution >= 0.6 is 51.6 Å². The highest BCUT2D eigenvalue weighted by atomic mass is 127. The summed E-state index contributed by atoms with van der Waals surface area (Å²) in [7, 11) is 0. The van der Waals surface area contributed by atoms with Crippen molar-refractivity contribution in [1.29, 1.82) is 0 Å². The van der Waals surface area contributed by atoms with Gasteiger partial charge >= 0.3 is 0 Å². The molecule has 0 radical (unpaired) electrons. The average molecular weight is 669 g/mol. The van der Waals surface area contributed by atoms with E-state index in [-0.39, 0.29) is 17.3 Å². The number of rotatable bonds is 7. The largest absolute Gasteiger partial charge is 0.383 e. The van der Waals surface area contributed by atoms with Crippen molar-refractivity contribution in [1.82, 2.24) is 10.3 Å². The zero-order valence-corrected chi connectivity index (χ0v) is 25.2. The number of halogens is 3. The first-order chi connectivity index (χ1) is 17.7. The van der Waals surface area contributed by atoms with Crippen LogP contribution in [-0.4, -0.2) is 41.9 Å². The maximum atomic E-state index is 12.9. The van der Waals surface area contributed by atoms with Crippen LogP contribution in [0.25, 0.3) is 0 Å². The molecule has 11 heteroatoms. The highest BCUT2D eigenvalue weighted by Crippen LogP contribution is 2.31. The number of amides is 1. The summed E-state index contributed by atoms with van der Waals surface area (Å²) in [5.41, 5.74) is 11.2. The molecular weight excluding hydrogens is 641 g/mol. The highest BCUT2D eigenvalue weighted by molar-refractivity contribution is 14.2. The molecule has 1 aliphatic heterocycles. The number of aromatic nitrogens is 1. The van der Waals surface area contributed by atoms with Crippen molar-refractivity contribution in [2.24, 2.45) is 10.7 Å². The Morgan fingerprint density at radius 3 is 2.57 bits per heavy atom. The van der Waals surface area contributed by atoms with Gasteiger partial charge in [0.05, 0.1) is 10.0 Å². The van der Waals surface area contributed by atoms with E-state index >= 15 is 0 Å². The first-order valence-electron chi connectivity index (χ1n) is 11.7. The number of piperazine rings is 1. The van der Waals surface area contributed by atoms with Gasteiger partial charge in [-0.15, -0.1) is 0 Å². The first kappa shape index (κ1) is 28.0. The van der Waals surface area contributed by atoms with Crippen molar-refractivity contribution < 1.29 is 4.79 Å². The molecule has 0 saturated carbocycles. The Morgan fingerprint density at radius 2 is 1.92 bits per heavy atom. The number of hydrogen-bond donors (Lipinski definition) is 3. The number of nitrogens with zero attached hydrogens (tertiary/aromatic N) is 3. The SMILES string of the molecule is CC1(C)CN(c2ccc(C(=O)N=C(N)c3ccc(Cc4c(Cl)cncc4Cl)cc3NPI)cc2)CCN1. The number of amidine groups is 1. The Bertz CT molecular complexity index is 1300. The second-order valence-corrected chi connectivity index (χ2v) is 12.3. The van der Waals surface area contributed by atoms with E-state index in [9.17, 15) is 4.79 Å². The van der Waals surface area contributed by atoms with E-state index in [1.54, 1.807) is 24.5 Å². The molecule has 194 valence electrons. The van der Waals surface area contributed by atoms with Crippen LogP contribution in [0.15, 0.2) is 59.9 Å². The fourth-order valence-corrected chi connectivity index (χ4v) is 5.98. The van der Waals surface area contributed by atoms with Gasteiger partial charge < -0.3 is 21.0 Å². The van der Waals surface area contributed by atoms with Crippen LogP contribution in [-0.2, 0) is 6.42 Å². The lowest BCUT2D eigenvalue weighted by Gasteiger charge is -2.40. The normalized spacial score (nSPS) is 15.8. The Balaban J connectivity index is 1.53. The van der Waals surface area contributed by atoms with Gasteiger partial charge in [0.2, 0.25) is 0 Å². The smallest absolute Gasteiger partial charge is 0.278 e. The maximum Gasteiger partial charge on any atom is 0.278 e. The minimum Gasteiger partial charge on any atom is -0.383 e. The standard InChI is InChI=1S/C26H28Cl2IN6OP/c1-26(2)15-35(10-9-32-26)18-6-4-17(5-7-18)25(36)33-24(30)19-8-3-16(12-23(19)34-37-29)11-20-21(27)13-31-14-22(20)28/h3-8,12-14,32,34,37H,9-11,15H2,1-2H3,(H2,30,33,36). The summed E-state index contributed by atoms with van der Waals surface area (Å²) >= 11 is 14.8. The van der Waals surface area contributed by atoms with Gasteiger partial charge in [0.25, 0.3) is 5.91 Å². The van der Waals surface area contributed by atoms with Crippen LogP contribution in [0.2, 0.25) is 10.0 Å². The molecule has 4 rings (SSSR count). The summed E-state index contributed by atoms with van der Waals surface area (Å²) in [4.78, 5) is 23.5. The first-order valence-corrected chi connectivity index (χ1v) is 16.6. The van der Waals surface area contributed by atoms with Crippen molar-refractivity contribution in [3.8, 4) is 0 Å². The predicted octanol–water partition coefficient (Wildman–Crippen LogP) is 6.07. The summed E-state index contributed by atoms with van der Waals surface area (Å²) in [6.07, 6.45) is 4.09. The lowest BCUT2D eigenvalue weighted by Crippen LogP contribution is -2.57. The number of nitrogens with one attached hydrogen (secondary N) is 2. The van der Waals surface area contributed by atoms with Crippen LogP contribution in [0.4, 0.5) is 11.4 Å². The lowest BCUT2D eigenvalue weighted by atomic mass is 10.0. The second-order valence-electron chi connectivity index (χ2n) is 9.44. The molecule has 0 aliphatic carbocycles. The molecule has 1 amide bonds. The summed E-state index contributed by atoms with van der Waals surface area (Å²) in [6, 6.07) is 13.3. The summed E-state index contributed by atoms with van der Waals surface area (Å²) < 4.78 is 0. The molecule has 0 spiro atoms. The fourth-order valence-electron chi connectivity index (χ4n) is 4.30. The van der Waals surface area contributed by atoms with Gasteiger partial charge in [-0.3, -0.25) is 9.78 Å². The molecule has 3 aromatic rings. The van der Waals surface area contributed by atoms with Crippen molar-refractivity contribution in [3.63, 3.8) is 0 Å². The average Bonchev–Trinajstić information content (AvgIpc) is 2.86. The van der Waals surface area contributed by atoms with E-state index in [1.807, 2.05) is 30.3 Å². The van der Waals surface area contributed by atoms with Crippen LogP contribution < -0.4 is 21.0 Å². The predicted molar refractivity (Wildman–Crippen MR) is 165 cm³/mol. The molecule has 1 unspecified atom stereocenters. The lowest BCUT2D eigenvalue weighted by molar-refractivity contribution is 0.100. The van der Waals surface area contributed by atoms with Gasteiger partial charge in [0, 0.05) is 72.9 Å². The minimum atomic E-state index is -0.382. The molecule has 1 aromatic heterocycles. The van der Waals surface area contributed by atoms with E-state index in [0.717, 1.165) is 42.1 Å². The number of pyridine rings is 1.